The zero-order valence-electron chi connectivity index (χ0n) is 14.5. The van der Waals surface area contributed by atoms with Crippen molar-refractivity contribution in [1.29, 1.82) is 0 Å². The van der Waals surface area contributed by atoms with Crippen LogP contribution in [-0.2, 0) is 13.0 Å². The third-order valence-corrected chi connectivity index (χ3v) is 5.51. The first-order valence-electron chi connectivity index (χ1n) is 8.56. The maximum absolute atomic E-state index is 4.34. The minimum atomic E-state index is 0.237. The van der Waals surface area contributed by atoms with Gasteiger partial charge >= 0.3 is 0 Å². The van der Waals surface area contributed by atoms with Gasteiger partial charge in [-0.3, -0.25) is 9.89 Å². The van der Waals surface area contributed by atoms with Crippen molar-refractivity contribution in [2.75, 3.05) is 26.7 Å². The van der Waals surface area contributed by atoms with Gasteiger partial charge < -0.3 is 10.6 Å². The summed E-state index contributed by atoms with van der Waals surface area (Å²) in [6, 6.07) is 13.0. The predicted octanol–water partition coefficient (Wildman–Crippen LogP) is 3.03. The first kappa shape index (κ1) is 17.0. The molecule has 1 atom stereocenters. The van der Waals surface area contributed by atoms with Gasteiger partial charge in [-0.05, 0) is 35.9 Å². The van der Waals surface area contributed by atoms with Gasteiger partial charge in [0.25, 0.3) is 0 Å². The Hall–Kier alpha value is -1.85. The molecule has 0 amide bonds. The fourth-order valence-corrected chi connectivity index (χ4v) is 3.94. The van der Waals surface area contributed by atoms with Crippen molar-refractivity contribution in [3.63, 3.8) is 0 Å². The van der Waals surface area contributed by atoms with Gasteiger partial charge in [0, 0.05) is 38.1 Å². The molecule has 24 heavy (non-hydrogen) atoms. The molecule has 0 saturated heterocycles. The van der Waals surface area contributed by atoms with E-state index < -0.39 is 0 Å². The van der Waals surface area contributed by atoms with Gasteiger partial charge in [0.2, 0.25) is 0 Å². The summed E-state index contributed by atoms with van der Waals surface area (Å²) in [5.74, 6) is 0.861. The molecule has 0 aliphatic carbocycles. The molecule has 1 aliphatic rings. The number of nitrogens with one attached hydrogen (secondary N) is 2. The highest BCUT2D eigenvalue weighted by Crippen LogP contribution is 2.23. The summed E-state index contributed by atoms with van der Waals surface area (Å²) < 4.78 is 0. The molecule has 3 rings (SSSR count). The van der Waals surface area contributed by atoms with Crippen LogP contribution in [0.15, 0.2) is 46.8 Å². The first-order valence-corrected chi connectivity index (χ1v) is 9.44. The van der Waals surface area contributed by atoms with Crippen molar-refractivity contribution in [2.45, 2.75) is 25.9 Å². The molecule has 1 aromatic carbocycles. The van der Waals surface area contributed by atoms with Gasteiger partial charge in [-0.25, -0.2) is 0 Å². The minimum Gasteiger partial charge on any atom is -0.355 e. The predicted molar refractivity (Wildman–Crippen MR) is 103 cm³/mol. The van der Waals surface area contributed by atoms with E-state index in [0.717, 1.165) is 32.1 Å². The standard InChI is InChI=1S/C19H26N4S/c1-15(16-6-4-3-5-7-16)22-19(20-2)21-10-12-23-11-8-18-17(14-23)9-13-24-18/h3-7,9,13,15H,8,10-12,14H2,1-2H3,(H2,20,21,22). The number of thiophene rings is 1. The van der Waals surface area contributed by atoms with E-state index in [1.807, 2.05) is 24.5 Å². The number of guanidine groups is 1. The molecule has 0 radical (unpaired) electrons. The van der Waals surface area contributed by atoms with Crippen molar-refractivity contribution < 1.29 is 0 Å². The van der Waals surface area contributed by atoms with Gasteiger partial charge in [-0.1, -0.05) is 30.3 Å². The van der Waals surface area contributed by atoms with Gasteiger partial charge in [-0.2, -0.15) is 0 Å². The van der Waals surface area contributed by atoms with E-state index >= 15 is 0 Å². The second kappa shape index (κ2) is 8.31. The lowest BCUT2D eigenvalue weighted by Gasteiger charge is -2.27. The lowest BCUT2D eigenvalue weighted by molar-refractivity contribution is 0.260. The number of benzene rings is 1. The summed E-state index contributed by atoms with van der Waals surface area (Å²) in [5, 5.41) is 9.10. The smallest absolute Gasteiger partial charge is 0.191 e. The Labute approximate surface area is 148 Å². The number of aliphatic imine (C=N–C) groups is 1. The van der Waals surface area contributed by atoms with Gasteiger partial charge in [0.05, 0.1) is 6.04 Å². The van der Waals surface area contributed by atoms with Crippen molar-refractivity contribution in [3.8, 4) is 0 Å². The Morgan fingerprint density at radius 2 is 2.12 bits per heavy atom. The van der Waals surface area contributed by atoms with E-state index in [1.54, 1.807) is 4.88 Å². The van der Waals surface area contributed by atoms with E-state index in [4.69, 9.17) is 0 Å². The molecule has 2 N–H and O–H groups in total. The zero-order chi connectivity index (χ0) is 16.8. The monoisotopic (exact) mass is 342 g/mol. The molecule has 0 spiro atoms. The van der Waals surface area contributed by atoms with E-state index in [-0.39, 0.29) is 6.04 Å². The number of nitrogens with zero attached hydrogens (tertiary/aromatic N) is 2. The maximum atomic E-state index is 4.34. The van der Waals surface area contributed by atoms with Crippen molar-refractivity contribution in [3.05, 3.63) is 57.8 Å². The minimum absolute atomic E-state index is 0.237. The van der Waals surface area contributed by atoms with Crippen LogP contribution in [0.5, 0.6) is 0 Å². The van der Waals surface area contributed by atoms with Crippen molar-refractivity contribution in [2.24, 2.45) is 4.99 Å². The van der Waals surface area contributed by atoms with Crippen LogP contribution in [0.4, 0.5) is 0 Å². The molecule has 5 heteroatoms. The van der Waals surface area contributed by atoms with Gasteiger partial charge in [-0.15, -0.1) is 11.3 Å². The summed E-state index contributed by atoms with van der Waals surface area (Å²) in [5.41, 5.74) is 2.77. The van der Waals surface area contributed by atoms with Crippen molar-refractivity contribution in [1.82, 2.24) is 15.5 Å². The number of hydrogen-bond acceptors (Lipinski definition) is 3. The van der Waals surface area contributed by atoms with Gasteiger partial charge in [0.15, 0.2) is 5.96 Å². The topological polar surface area (TPSA) is 39.7 Å². The summed E-state index contributed by atoms with van der Waals surface area (Å²) in [6.45, 7) is 6.33. The highest BCUT2D eigenvalue weighted by molar-refractivity contribution is 7.10. The fraction of sp³-hybridized carbons (Fsp3) is 0.421. The molecule has 2 aromatic rings. The molecule has 128 valence electrons. The van der Waals surface area contributed by atoms with Crippen LogP contribution in [0.1, 0.15) is 29.0 Å². The van der Waals surface area contributed by atoms with Gasteiger partial charge in [0.1, 0.15) is 0 Å². The van der Waals surface area contributed by atoms with Crippen LogP contribution in [0.2, 0.25) is 0 Å². The summed E-state index contributed by atoms with van der Waals surface area (Å²) in [4.78, 5) is 8.41. The van der Waals surface area contributed by atoms with Crippen LogP contribution >= 0.6 is 11.3 Å². The average Bonchev–Trinajstić information content (AvgIpc) is 3.09. The van der Waals surface area contributed by atoms with Crippen LogP contribution in [-0.4, -0.2) is 37.5 Å². The second-order valence-electron chi connectivity index (χ2n) is 6.17. The molecule has 2 heterocycles. The summed E-state index contributed by atoms with van der Waals surface area (Å²) >= 11 is 1.89. The fourth-order valence-electron chi connectivity index (χ4n) is 3.05. The molecule has 0 fully saturated rings. The Balaban J connectivity index is 1.44. The van der Waals surface area contributed by atoms with E-state index in [2.05, 4.69) is 63.2 Å². The van der Waals surface area contributed by atoms with E-state index in [9.17, 15) is 0 Å². The van der Waals surface area contributed by atoms with Crippen LogP contribution < -0.4 is 10.6 Å². The lowest BCUT2D eigenvalue weighted by Crippen LogP contribution is -2.43. The molecular weight excluding hydrogens is 316 g/mol. The Bertz CT molecular complexity index is 665. The highest BCUT2D eigenvalue weighted by atomic mass is 32.1. The normalized spacial score (nSPS) is 16.5. The lowest BCUT2D eigenvalue weighted by atomic mass is 10.1. The zero-order valence-corrected chi connectivity index (χ0v) is 15.3. The molecule has 0 saturated carbocycles. The van der Waals surface area contributed by atoms with E-state index in [0.29, 0.717) is 0 Å². The van der Waals surface area contributed by atoms with Crippen LogP contribution in [0, 0.1) is 0 Å². The average molecular weight is 343 g/mol. The Morgan fingerprint density at radius 1 is 1.29 bits per heavy atom. The highest BCUT2D eigenvalue weighted by Gasteiger charge is 2.16. The molecule has 1 unspecified atom stereocenters. The summed E-state index contributed by atoms with van der Waals surface area (Å²) in [6.07, 6.45) is 1.19. The molecule has 1 aromatic heterocycles. The maximum Gasteiger partial charge on any atom is 0.191 e. The Kier molecular flexibility index (Phi) is 5.88. The molecular formula is C19H26N4S. The second-order valence-corrected chi connectivity index (χ2v) is 7.17. The number of fused-ring (bicyclic) bond motifs is 1. The molecule has 4 nitrogen and oxygen atoms in total. The molecule has 0 bridgehead atoms. The quantitative estimate of drug-likeness (QED) is 0.648. The Morgan fingerprint density at radius 3 is 2.92 bits per heavy atom. The molecule has 1 aliphatic heterocycles. The van der Waals surface area contributed by atoms with Crippen LogP contribution in [0.25, 0.3) is 0 Å². The van der Waals surface area contributed by atoms with E-state index in [1.165, 1.54) is 17.5 Å². The first-order chi connectivity index (χ1) is 11.8. The van der Waals surface area contributed by atoms with Crippen molar-refractivity contribution >= 4 is 17.3 Å². The summed E-state index contributed by atoms with van der Waals surface area (Å²) in [7, 11) is 1.82. The number of rotatable bonds is 5. The van der Waals surface area contributed by atoms with Crippen LogP contribution in [0.3, 0.4) is 0 Å². The number of hydrogen-bond donors (Lipinski definition) is 2. The third-order valence-electron chi connectivity index (χ3n) is 4.48. The third kappa shape index (κ3) is 4.36. The SMILES string of the molecule is CN=C(NCCN1CCc2sccc2C1)NC(C)c1ccccc1. The largest absolute Gasteiger partial charge is 0.355 e.